The van der Waals surface area contributed by atoms with Gasteiger partial charge in [-0.05, 0) is 61.2 Å². The Balaban J connectivity index is 0.00000243. The number of fused-ring (bicyclic) bond motifs is 1. The van der Waals surface area contributed by atoms with Gasteiger partial charge in [0.15, 0.2) is 0 Å². The number of hydrogen-bond donors (Lipinski definition) is 1. The van der Waals surface area contributed by atoms with Crippen LogP contribution in [0.25, 0.3) is 0 Å². The maximum atomic E-state index is 12.9. The number of carbonyl (C=O) groups is 1. The van der Waals surface area contributed by atoms with Gasteiger partial charge in [0, 0.05) is 6.42 Å². The van der Waals surface area contributed by atoms with Gasteiger partial charge in [-0.1, -0.05) is 13.0 Å². The van der Waals surface area contributed by atoms with Gasteiger partial charge in [0.1, 0.15) is 17.0 Å². The average Bonchev–Trinajstić information content (AvgIpc) is 3.13. The molecule has 3 rings (SSSR count). The average molecular weight is 380 g/mol. The highest BCUT2D eigenvalue weighted by Gasteiger charge is 2.47. The molecule has 26 heavy (non-hydrogen) atoms. The predicted molar refractivity (Wildman–Crippen MR) is 102 cm³/mol. The number of phenolic OH excluding ortho intramolecular Hbond substituents is 1. The molecule has 0 fully saturated rings. The van der Waals surface area contributed by atoms with E-state index in [1.54, 1.807) is 18.4 Å². The Hall–Kier alpha value is -1.98. The zero-order chi connectivity index (χ0) is 17.9. The fourth-order valence-corrected chi connectivity index (χ4v) is 3.83. The second kappa shape index (κ2) is 8.60. The number of phenols is 1. The van der Waals surface area contributed by atoms with E-state index in [-0.39, 0.29) is 24.1 Å². The second-order valence-electron chi connectivity index (χ2n) is 6.65. The van der Waals surface area contributed by atoms with Crippen LogP contribution in [0.2, 0.25) is 0 Å². The number of nitrogens with zero attached hydrogens (tertiary/aromatic N) is 1. The normalized spacial score (nSPS) is 18.9. The maximum absolute atomic E-state index is 12.9. The number of methoxy groups -OCH3 is 1. The number of esters is 1. The number of aryl methyl sites for hydroxylation is 1. The van der Waals surface area contributed by atoms with Crippen LogP contribution in [0.4, 0.5) is 0 Å². The number of furan rings is 1. The molecule has 0 amide bonds. The molecule has 6 heteroatoms. The summed E-state index contributed by atoms with van der Waals surface area (Å²) in [6.07, 6.45) is 4.56. The minimum atomic E-state index is -0.707. The molecule has 1 aliphatic carbocycles. The summed E-state index contributed by atoms with van der Waals surface area (Å²) in [5.41, 5.74) is 1.49. The lowest BCUT2D eigenvalue weighted by Crippen LogP contribution is -2.58. The number of aromatic hydroxyl groups is 1. The molecule has 1 aromatic carbocycles. The summed E-state index contributed by atoms with van der Waals surface area (Å²) in [5, 5.41) is 9.72. The van der Waals surface area contributed by atoms with Crippen molar-refractivity contribution < 1.29 is 19.1 Å². The number of hydrogen-bond acceptors (Lipinski definition) is 5. The Morgan fingerprint density at radius 1 is 1.35 bits per heavy atom. The van der Waals surface area contributed by atoms with Crippen LogP contribution in [0.1, 0.15) is 36.7 Å². The maximum Gasteiger partial charge on any atom is 0.326 e. The third kappa shape index (κ3) is 3.89. The van der Waals surface area contributed by atoms with Gasteiger partial charge in [0.25, 0.3) is 0 Å². The van der Waals surface area contributed by atoms with Crippen LogP contribution in [0.15, 0.2) is 41.0 Å². The number of ether oxygens (including phenoxy) is 1. The van der Waals surface area contributed by atoms with Gasteiger partial charge in [0.2, 0.25) is 0 Å². The molecule has 1 N–H and O–H groups in total. The first-order chi connectivity index (χ1) is 12.1. The van der Waals surface area contributed by atoms with Crippen molar-refractivity contribution in [1.29, 1.82) is 0 Å². The molecule has 0 bridgehead atoms. The summed E-state index contributed by atoms with van der Waals surface area (Å²) in [5.74, 6) is 0.907. The van der Waals surface area contributed by atoms with E-state index < -0.39 is 5.54 Å². The van der Waals surface area contributed by atoms with E-state index in [2.05, 4.69) is 11.8 Å². The summed E-state index contributed by atoms with van der Waals surface area (Å²) in [6.45, 7) is 3.46. The Bertz CT molecular complexity index is 731. The van der Waals surface area contributed by atoms with E-state index >= 15 is 0 Å². The SMILES string of the molecule is CCCN(Cc1ccco1)C1(C(=O)OC)CCc2cc(O)ccc2C1.Cl. The van der Waals surface area contributed by atoms with Crippen LogP contribution < -0.4 is 0 Å². The fourth-order valence-electron chi connectivity index (χ4n) is 3.83. The molecule has 0 saturated carbocycles. The van der Waals surface area contributed by atoms with Gasteiger partial charge >= 0.3 is 5.97 Å². The van der Waals surface area contributed by atoms with E-state index in [9.17, 15) is 9.90 Å². The summed E-state index contributed by atoms with van der Waals surface area (Å²) in [7, 11) is 1.45. The Morgan fingerprint density at radius 3 is 2.81 bits per heavy atom. The van der Waals surface area contributed by atoms with E-state index in [1.165, 1.54) is 7.11 Å². The molecule has 1 heterocycles. The number of halogens is 1. The van der Waals surface area contributed by atoms with Gasteiger partial charge in [-0.3, -0.25) is 9.69 Å². The molecule has 1 unspecified atom stereocenters. The fraction of sp³-hybridized carbons (Fsp3) is 0.450. The van der Waals surface area contributed by atoms with Gasteiger partial charge < -0.3 is 14.3 Å². The molecule has 2 aromatic rings. The highest BCUT2D eigenvalue weighted by atomic mass is 35.5. The van der Waals surface area contributed by atoms with Gasteiger partial charge in [-0.2, -0.15) is 0 Å². The molecule has 1 aromatic heterocycles. The molecule has 142 valence electrons. The van der Waals surface area contributed by atoms with E-state index in [1.807, 2.05) is 18.2 Å². The number of rotatable bonds is 6. The molecule has 1 aliphatic rings. The monoisotopic (exact) mass is 379 g/mol. The Morgan fingerprint density at radius 2 is 2.15 bits per heavy atom. The second-order valence-corrected chi connectivity index (χ2v) is 6.65. The predicted octanol–water partition coefficient (Wildman–Crippen LogP) is 3.72. The van der Waals surface area contributed by atoms with Crippen molar-refractivity contribution in [2.24, 2.45) is 0 Å². The third-order valence-corrected chi connectivity index (χ3v) is 5.07. The van der Waals surface area contributed by atoms with E-state index in [0.29, 0.717) is 19.4 Å². The highest BCUT2D eigenvalue weighted by Crippen LogP contribution is 2.37. The van der Waals surface area contributed by atoms with Crippen molar-refractivity contribution in [2.75, 3.05) is 13.7 Å². The summed E-state index contributed by atoms with van der Waals surface area (Å²) in [4.78, 5) is 15.1. The molecule has 0 spiro atoms. The Kier molecular flexibility index (Phi) is 6.73. The molecule has 0 radical (unpaired) electrons. The van der Waals surface area contributed by atoms with Crippen molar-refractivity contribution in [3.05, 3.63) is 53.5 Å². The molecule has 5 nitrogen and oxygen atoms in total. The van der Waals surface area contributed by atoms with Crippen LogP contribution in [0.5, 0.6) is 5.75 Å². The van der Waals surface area contributed by atoms with Crippen LogP contribution in [-0.4, -0.2) is 35.2 Å². The number of benzene rings is 1. The molecular formula is C20H26ClNO4. The lowest BCUT2D eigenvalue weighted by Gasteiger charge is -2.44. The molecular weight excluding hydrogens is 354 g/mol. The molecule has 0 aliphatic heterocycles. The first kappa shape index (κ1) is 20.3. The van der Waals surface area contributed by atoms with Crippen molar-refractivity contribution in [3.63, 3.8) is 0 Å². The third-order valence-electron chi connectivity index (χ3n) is 5.07. The lowest BCUT2D eigenvalue weighted by molar-refractivity contribution is -0.157. The van der Waals surface area contributed by atoms with Crippen molar-refractivity contribution >= 4 is 18.4 Å². The molecule has 0 saturated heterocycles. The smallest absolute Gasteiger partial charge is 0.326 e. The summed E-state index contributed by atoms with van der Waals surface area (Å²) < 4.78 is 10.7. The van der Waals surface area contributed by atoms with Crippen LogP contribution in [0.3, 0.4) is 0 Å². The van der Waals surface area contributed by atoms with Crippen molar-refractivity contribution in [2.45, 2.75) is 44.7 Å². The van der Waals surface area contributed by atoms with E-state index in [4.69, 9.17) is 9.15 Å². The summed E-state index contributed by atoms with van der Waals surface area (Å²) in [6, 6.07) is 9.19. The standard InChI is InChI=1S/C20H25NO4.ClH/c1-3-10-21(14-18-5-4-11-25-18)20(19(23)24-2)9-8-15-12-17(22)7-6-16(15)13-20;/h4-7,11-12,22H,3,8-10,13-14H2,1-2H3;1H. The van der Waals surface area contributed by atoms with Crippen LogP contribution >= 0.6 is 12.4 Å². The lowest BCUT2D eigenvalue weighted by atomic mass is 9.76. The first-order valence-electron chi connectivity index (χ1n) is 8.75. The van der Waals surface area contributed by atoms with E-state index in [0.717, 1.165) is 36.3 Å². The number of carbonyl (C=O) groups excluding carboxylic acids is 1. The minimum Gasteiger partial charge on any atom is -0.508 e. The van der Waals surface area contributed by atoms with Crippen molar-refractivity contribution in [1.82, 2.24) is 4.90 Å². The zero-order valence-corrected chi connectivity index (χ0v) is 16.1. The van der Waals surface area contributed by atoms with Gasteiger partial charge in [0.05, 0.1) is 19.9 Å². The molecule has 1 atom stereocenters. The van der Waals surface area contributed by atoms with Gasteiger partial charge in [-0.25, -0.2) is 0 Å². The van der Waals surface area contributed by atoms with Crippen LogP contribution in [0, 0.1) is 0 Å². The first-order valence-corrected chi connectivity index (χ1v) is 8.75. The zero-order valence-electron chi connectivity index (χ0n) is 15.2. The minimum absolute atomic E-state index is 0. The van der Waals surface area contributed by atoms with Crippen molar-refractivity contribution in [3.8, 4) is 5.75 Å². The highest BCUT2D eigenvalue weighted by molar-refractivity contribution is 5.85. The quantitative estimate of drug-likeness (QED) is 0.775. The van der Waals surface area contributed by atoms with Crippen LogP contribution in [-0.2, 0) is 28.9 Å². The van der Waals surface area contributed by atoms with Gasteiger partial charge in [-0.15, -0.1) is 12.4 Å². The topological polar surface area (TPSA) is 62.9 Å². The largest absolute Gasteiger partial charge is 0.508 e. The Labute approximate surface area is 160 Å². The summed E-state index contributed by atoms with van der Waals surface area (Å²) >= 11 is 0.